The fraction of sp³-hybridized carbons (Fsp3) is 0.667. The Morgan fingerprint density at radius 1 is 1.31 bits per heavy atom. The van der Waals surface area contributed by atoms with Gasteiger partial charge in [0.25, 0.3) is 0 Å². The Morgan fingerprint density at radius 2 is 2.00 bits per heavy atom. The van der Waals surface area contributed by atoms with Crippen molar-refractivity contribution < 1.29 is 0 Å². The van der Waals surface area contributed by atoms with Crippen molar-refractivity contribution in [3.8, 4) is 0 Å². The number of rotatable bonds is 5. The summed E-state index contributed by atoms with van der Waals surface area (Å²) in [5, 5.41) is 6.38. The minimum Gasteiger partial charge on any atom is -0.367 e. The number of nitrogens with one attached hydrogen (secondary N) is 2. The van der Waals surface area contributed by atoms with Gasteiger partial charge in [0.05, 0.1) is 0 Å². The van der Waals surface area contributed by atoms with E-state index in [0.29, 0.717) is 17.9 Å². The normalized spacial score (nSPS) is 14.3. The van der Waals surface area contributed by atoms with Crippen molar-refractivity contribution in [2.75, 3.05) is 17.7 Å². The first-order valence-corrected chi connectivity index (χ1v) is 5.86. The summed E-state index contributed by atoms with van der Waals surface area (Å²) in [7, 11) is 1.83. The Bertz CT molecular complexity index is 338. The third-order valence-electron chi connectivity index (χ3n) is 2.95. The van der Waals surface area contributed by atoms with E-state index in [9.17, 15) is 0 Å². The fourth-order valence-corrected chi connectivity index (χ4v) is 1.48. The van der Waals surface area contributed by atoms with Gasteiger partial charge in [0.1, 0.15) is 5.82 Å². The molecule has 1 rings (SSSR count). The molecule has 90 valence electrons. The molecule has 2 N–H and O–H groups in total. The second kappa shape index (κ2) is 5.68. The highest BCUT2D eigenvalue weighted by Crippen LogP contribution is 2.15. The zero-order valence-electron chi connectivity index (χ0n) is 10.8. The van der Waals surface area contributed by atoms with Gasteiger partial charge in [-0.2, -0.15) is 4.98 Å². The van der Waals surface area contributed by atoms with E-state index in [1.165, 1.54) is 0 Å². The summed E-state index contributed by atoms with van der Waals surface area (Å²) in [6.07, 6.45) is 1.16. The van der Waals surface area contributed by atoms with Crippen LogP contribution in [0.2, 0.25) is 0 Å². The van der Waals surface area contributed by atoms with E-state index in [0.717, 1.165) is 17.9 Å². The third-order valence-corrected chi connectivity index (χ3v) is 2.95. The van der Waals surface area contributed by atoms with Gasteiger partial charge in [-0.15, -0.1) is 0 Å². The lowest BCUT2D eigenvalue weighted by Gasteiger charge is -2.20. The molecule has 4 heteroatoms. The largest absolute Gasteiger partial charge is 0.367 e. The number of anilines is 2. The predicted octanol–water partition coefficient (Wildman–Crippen LogP) is 2.67. The van der Waals surface area contributed by atoms with Crippen molar-refractivity contribution in [1.29, 1.82) is 0 Å². The quantitative estimate of drug-likeness (QED) is 0.804. The van der Waals surface area contributed by atoms with Crippen LogP contribution < -0.4 is 10.6 Å². The first-order valence-electron chi connectivity index (χ1n) is 5.86. The summed E-state index contributed by atoms with van der Waals surface area (Å²) in [4.78, 5) is 8.64. The van der Waals surface area contributed by atoms with Crippen LogP contribution in [-0.2, 0) is 0 Å². The number of hydrogen-bond acceptors (Lipinski definition) is 4. The summed E-state index contributed by atoms with van der Waals surface area (Å²) in [6.45, 7) is 8.60. The van der Waals surface area contributed by atoms with Crippen LogP contribution in [0.1, 0.15) is 32.9 Å². The maximum Gasteiger partial charge on any atom is 0.224 e. The summed E-state index contributed by atoms with van der Waals surface area (Å²) in [5.74, 6) is 2.19. The van der Waals surface area contributed by atoms with Gasteiger partial charge < -0.3 is 10.6 Å². The lowest BCUT2D eigenvalue weighted by atomic mass is 10.0. The Balaban J connectivity index is 2.76. The van der Waals surface area contributed by atoms with Gasteiger partial charge in [-0.3, -0.25) is 0 Å². The van der Waals surface area contributed by atoms with E-state index in [-0.39, 0.29) is 0 Å². The van der Waals surface area contributed by atoms with Gasteiger partial charge in [-0.05, 0) is 19.8 Å². The molecule has 4 nitrogen and oxygen atoms in total. The molecule has 1 aromatic heterocycles. The van der Waals surface area contributed by atoms with Crippen LogP contribution in [0.3, 0.4) is 0 Å². The van der Waals surface area contributed by atoms with Crippen LogP contribution in [-0.4, -0.2) is 23.1 Å². The van der Waals surface area contributed by atoms with Crippen molar-refractivity contribution in [3.05, 3.63) is 11.8 Å². The number of nitrogens with zero attached hydrogens (tertiary/aromatic N) is 2. The van der Waals surface area contributed by atoms with Gasteiger partial charge in [0.15, 0.2) is 0 Å². The van der Waals surface area contributed by atoms with E-state index in [4.69, 9.17) is 0 Å². The van der Waals surface area contributed by atoms with Crippen molar-refractivity contribution in [1.82, 2.24) is 9.97 Å². The number of aromatic nitrogens is 2. The van der Waals surface area contributed by atoms with Crippen molar-refractivity contribution >= 4 is 11.8 Å². The van der Waals surface area contributed by atoms with Gasteiger partial charge in [0, 0.05) is 24.8 Å². The van der Waals surface area contributed by atoms with Gasteiger partial charge in [0.2, 0.25) is 5.95 Å². The molecular weight excluding hydrogens is 200 g/mol. The number of hydrogen-bond donors (Lipinski definition) is 2. The molecule has 0 spiro atoms. The maximum atomic E-state index is 4.38. The molecule has 0 aliphatic heterocycles. The average Bonchev–Trinajstić information content (AvgIpc) is 2.26. The maximum absolute atomic E-state index is 4.38. The summed E-state index contributed by atoms with van der Waals surface area (Å²) in [6, 6.07) is 2.39. The Hall–Kier alpha value is -1.32. The Labute approximate surface area is 97.9 Å². The van der Waals surface area contributed by atoms with Crippen molar-refractivity contribution in [2.45, 2.75) is 40.2 Å². The van der Waals surface area contributed by atoms with Crippen LogP contribution in [0, 0.1) is 12.8 Å². The van der Waals surface area contributed by atoms with Crippen LogP contribution in [0.25, 0.3) is 0 Å². The molecule has 0 aliphatic carbocycles. The monoisotopic (exact) mass is 222 g/mol. The SMILES string of the molecule is CCC(C)C(C)Nc1cc(C)nc(NC)n1. The molecule has 1 aromatic rings. The van der Waals surface area contributed by atoms with Gasteiger partial charge >= 0.3 is 0 Å². The minimum atomic E-state index is 0.420. The average molecular weight is 222 g/mol. The van der Waals surface area contributed by atoms with Crippen LogP contribution >= 0.6 is 0 Å². The molecule has 0 amide bonds. The molecular formula is C12H22N4. The smallest absolute Gasteiger partial charge is 0.224 e. The van der Waals surface area contributed by atoms with E-state index in [1.807, 2.05) is 20.0 Å². The summed E-state index contributed by atoms with van der Waals surface area (Å²) in [5.41, 5.74) is 0.971. The topological polar surface area (TPSA) is 49.8 Å². The first-order chi connectivity index (χ1) is 7.56. The Kier molecular flexibility index (Phi) is 4.52. The molecule has 2 unspecified atom stereocenters. The molecule has 0 radical (unpaired) electrons. The van der Waals surface area contributed by atoms with Crippen molar-refractivity contribution in [3.63, 3.8) is 0 Å². The molecule has 0 aromatic carbocycles. The predicted molar refractivity (Wildman–Crippen MR) is 68.9 cm³/mol. The fourth-order valence-electron chi connectivity index (χ4n) is 1.48. The lowest BCUT2D eigenvalue weighted by Crippen LogP contribution is -2.24. The molecule has 0 saturated carbocycles. The standard InChI is InChI=1S/C12H22N4/c1-6-8(2)10(4)15-11-7-9(3)14-12(13-5)16-11/h7-8,10H,6H2,1-5H3,(H2,13,14,15,16). The highest BCUT2D eigenvalue weighted by molar-refractivity contribution is 5.42. The highest BCUT2D eigenvalue weighted by Gasteiger charge is 2.11. The van der Waals surface area contributed by atoms with Crippen LogP contribution in [0.5, 0.6) is 0 Å². The van der Waals surface area contributed by atoms with E-state index in [1.54, 1.807) is 0 Å². The van der Waals surface area contributed by atoms with E-state index < -0.39 is 0 Å². The lowest BCUT2D eigenvalue weighted by molar-refractivity contribution is 0.493. The molecule has 0 bridgehead atoms. The summed E-state index contributed by atoms with van der Waals surface area (Å²) >= 11 is 0. The second-order valence-electron chi connectivity index (χ2n) is 4.29. The van der Waals surface area contributed by atoms with E-state index >= 15 is 0 Å². The van der Waals surface area contributed by atoms with Crippen LogP contribution in [0.15, 0.2) is 6.07 Å². The highest BCUT2D eigenvalue weighted by atomic mass is 15.1. The van der Waals surface area contributed by atoms with Gasteiger partial charge in [-0.1, -0.05) is 20.3 Å². The second-order valence-corrected chi connectivity index (χ2v) is 4.29. The minimum absolute atomic E-state index is 0.420. The first kappa shape index (κ1) is 12.7. The van der Waals surface area contributed by atoms with Crippen LogP contribution in [0.4, 0.5) is 11.8 Å². The Morgan fingerprint density at radius 3 is 2.56 bits per heavy atom. The molecule has 2 atom stereocenters. The molecule has 1 heterocycles. The number of aryl methyl sites for hydroxylation is 1. The van der Waals surface area contributed by atoms with Gasteiger partial charge in [-0.25, -0.2) is 4.98 Å². The van der Waals surface area contributed by atoms with Crippen molar-refractivity contribution in [2.24, 2.45) is 5.92 Å². The zero-order valence-corrected chi connectivity index (χ0v) is 10.8. The molecule has 0 saturated heterocycles. The summed E-state index contributed by atoms with van der Waals surface area (Å²) < 4.78 is 0. The van der Waals surface area contributed by atoms with E-state index in [2.05, 4.69) is 41.4 Å². The zero-order chi connectivity index (χ0) is 12.1. The third kappa shape index (κ3) is 3.36. The molecule has 0 aliphatic rings. The molecule has 0 fully saturated rings. The molecule has 16 heavy (non-hydrogen) atoms.